The average molecular weight is 446 g/mol. The molecule has 0 spiro atoms. The highest BCUT2D eigenvalue weighted by Crippen LogP contribution is 2.24. The van der Waals surface area contributed by atoms with Gasteiger partial charge in [-0.2, -0.15) is 0 Å². The number of sulfonamides is 1. The second-order valence-electron chi connectivity index (χ2n) is 6.36. The summed E-state index contributed by atoms with van der Waals surface area (Å²) in [6, 6.07) is 15.5. The predicted molar refractivity (Wildman–Crippen MR) is 115 cm³/mol. The van der Waals surface area contributed by atoms with Crippen molar-refractivity contribution in [3.63, 3.8) is 0 Å². The molecule has 0 bridgehead atoms. The lowest BCUT2D eigenvalue weighted by atomic mass is 10.2. The first kappa shape index (κ1) is 19.8. The lowest BCUT2D eigenvalue weighted by Gasteiger charge is -2.08. The second-order valence-corrected chi connectivity index (χ2v) is 9.52. The zero-order valence-corrected chi connectivity index (χ0v) is 17.5. The first-order valence-corrected chi connectivity index (χ1v) is 11.4. The average Bonchev–Trinajstić information content (AvgIpc) is 3.03. The Morgan fingerprint density at radius 1 is 1.07 bits per heavy atom. The minimum absolute atomic E-state index is 0.116. The predicted octanol–water partition coefficient (Wildman–Crippen LogP) is 3.64. The molecule has 0 radical (unpaired) electrons. The molecule has 4 rings (SSSR count). The third kappa shape index (κ3) is 4.25. The molecule has 4 aromatic rings. The molecule has 148 valence electrons. The highest BCUT2D eigenvalue weighted by molar-refractivity contribution is 7.89. The topological polar surface area (TPSA) is 81.1 Å². The molecule has 0 saturated heterocycles. The van der Waals surface area contributed by atoms with Gasteiger partial charge in [0.15, 0.2) is 0 Å². The molecule has 6 nitrogen and oxygen atoms in total. The van der Waals surface area contributed by atoms with Crippen molar-refractivity contribution in [2.24, 2.45) is 0 Å². The first-order valence-electron chi connectivity index (χ1n) is 8.69. The van der Waals surface area contributed by atoms with Crippen LogP contribution in [0.1, 0.15) is 11.1 Å². The van der Waals surface area contributed by atoms with Crippen molar-refractivity contribution in [3.05, 3.63) is 92.8 Å². The number of nitrogens with one attached hydrogen (secondary N) is 1. The summed E-state index contributed by atoms with van der Waals surface area (Å²) in [5, 5.41) is 0.582. The van der Waals surface area contributed by atoms with Gasteiger partial charge in [-0.25, -0.2) is 13.1 Å². The van der Waals surface area contributed by atoms with Crippen LogP contribution in [-0.2, 0) is 23.1 Å². The van der Waals surface area contributed by atoms with Gasteiger partial charge in [0, 0.05) is 24.0 Å². The van der Waals surface area contributed by atoms with Gasteiger partial charge in [-0.15, -0.1) is 0 Å². The molecule has 2 heterocycles. The van der Waals surface area contributed by atoms with Crippen LogP contribution >= 0.6 is 22.9 Å². The number of nitrogens with zero attached hydrogens (tertiary/aromatic N) is 2. The third-order valence-corrected chi connectivity index (χ3v) is 7.16. The van der Waals surface area contributed by atoms with Crippen LogP contribution in [0.15, 0.2) is 76.7 Å². The van der Waals surface area contributed by atoms with Crippen molar-refractivity contribution in [3.8, 4) is 0 Å². The lowest BCUT2D eigenvalue weighted by molar-refractivity contribution is 0.581. The summed E-state index contributed by atoms with van der Waals surface area (Å²) in [7, 11) is -3.72. The van der Waals surface area contributed by atoms with Crippen LogP contribution in [0.25, 0.3) is 10.2 Å². The molecule has 29 heavy (non-hydrogen) atoms. The van der Waals surface area contributed by atoms with Gasteiger partial charge in [-0.05, 0) is 47.5 Å². The molecular formula is C20H16ClN3O3S2. The fraction of sp³-hybridized carbons (Fsp3) is 0.100. The Morgan fingerprint density at radius 3 is 2.59 bits per heavy atom. The first-order chi connectivity index (χ1) is 13.9. The summed E-state index contributed by atoms with van der Waals surface area (Å²) in [5.74, 6) is 0. The molecule has 0 aliphatic heterocycles. The van der Waals surface area contributed by atoms with Crippen molar-refractivity contribution >= 4 is 43.2 Å². The summed E-state index contributed by atoms with van der Waals surface area (Å²) in [6.07, 6.45) is 3.21. The Morgan fingerprint density at radius 2 is 1.83 bits per heavy atom. The molecule has 0 aliphatic carbocycles. The summed E-state index contributed by atoms with van der Waals surface area (Å²) >= 11 is 7.22. The van der Waals surface area contributed by atoms with Crippen LogP contribution < -0.4 is 9.60 Å². The largest absolute Gasteiger partial charge is 0.308 e. The summed E-state index contributed by atoms with van der Waals surface area (Å²) in [5.41, 5.74) is 2.31. The fourth-order valence-electron chi connectivity index (χ4n) is 2.92. The second kappa shape index (κ2) is 8.08. The third-order valence-electron chi connectivity index (χ3n) is 4.45. The number of rotatable bonds is 6. The highest BCUT2D eigenvalue weighted by Gasteiger charge is 2.17. The summed E-state index contributed by atoms with van der Waals surface area (Å²) in [4.78, 5) is 16.4. The van der Waals surface area contributed by atoms with Crippen molar-refractivity contribution in [1.29, 1.82) is 0 Å². The van der Waals surface area contributed by atoms with E-state index in [1.54, 1.807) is 41.2 Å². The summed E-state index contributed by atoms with van der Waals surface area (Å²) in [6.45, 7) is 0.484. The van der Waals surface area contributed by atoms with Crippen LogP contribution in [0.3, 0.4) is 0 Å². The molecule has 9 heteroatoms. The van der Waals surface area contributed by atoms with Crippen LogP contribution in [0, 0.1) is 0 Å². The monoisotopic (exact) mass is 445 g/mol. The lowest BCUT2D eigenvalue weighted by Crippen LogP contribution is -2.23. The molecule has 0 atom stereocenters. The minimum atomic E-state index is -3.72. The number of hydrogen-bond acceptors (Lipinski definition) is 5. The molecule has 1 N–H and O–H groups in total. The number of fused-ring (bicyclic) bond motifs is 1. The van der Waals surface area contributed by atoms with E-state index in [1.807, 2.05) is 18.2 Å². The van der Waals surface area contributed by atoms with Crippen LogP contribution in [-0.4, -0.2) is 18.0 Å². The molecule has 0 aliphatic rings. The number of aromatic nitrogens is 2. The van der Waals surface area contributed by atoms with Gasteiger partial charge >= 0.3 is 4.87 Å². The molecule has 2 aromatic heterocycles. The van der Waals surface area contributed by atoms with Crippen molar-refractivity contribution < 1.29 is 8.42 Å². The number of halogens is 1. The molecule has 0 amide bonds. The Kier molecular flexibility index (Phi) is 5.51. The molecular weight excluding hydrogens is 430 g/mol. The van der Waals surface area contributed by atoms with Crippen molar-refractivity contribution in [2.75, 3.05) is 0 Å². The van der Waals surface area contributed by atoms with Crippen LogP contribution in [0.4, 0.5) is 0 Å². The Labute approximate surface area is 176 Å². The van der Waals surface area contributed by atoms with Gasteiger partial charge in [-0.1, -0.05) is 41.1 Å². The Hall–Kier alpha value is -2.52. The molecule has 2 aromatic carbocycles. The van der Waals surface area contributed by atoms with Gasteiger partial charge in [-0.3, -0.25) is 14.3 Å². The SMILES string of the molecule is O=c1sc2cc(S(=O)(=O)NCc3ccncc3)ccc2n1Cc1ccccc1Cl. The molecule has 0 unspecified atom stereocenters. The van der Waals surface area contributed by atoms with E-state index in [4.69, 9.17) is 11.6 Å². The van der Waals surface area contributed by atoms with Crippen molar-refractivity contribution in [1.82, 2.24) is 14.3 Å². The fourth-order valence-corrected chi connectivity index (χ4v) is 5.17. The minimum Gasteiger partial charge on any atom is -0.294 e. The number of pyridine rings is 1. The van der Waals surface area contributed by atoms with E-state index in [0.717, 1.165) is 22.5 Å². The van der Waals surface area contributed by atoms with E-state index in [-0.39, 0.29) is 16.3 Å². The smallest absolute Gasteiger partial charge is 0.294 e. The zero-order chi connectivity index (χ0) is 20.4. The maximum atomic E-state index is 12.7. The Balaban J connectivity index is 1.63. The Bertz CT molecular complexity index is 1330. The number of thiazole rings is 1. The van der Waals surface area contributed by atoms with Gasteiger partial charge < -0.3 is 0 Å². The maximum absolute atomic E-state index is 12.7. The van der Waals surface area contributed by atoms with E-state index in [9.17, 15) is 13.2 Å². The number of benzene rings is 2. The van der Waals surface area contributed by atoms with E-state index in [2.05, 4.69) is 9.71 Å². The van der Waals surface area contributed by atoms with E-state index in [1.165, 1.54) is 12.1 Å². The number of hydrogen-bond donors (Lipinski definition) is 1. The van der Waals surface area contributed by atoms with E-state index in [0.29, 0.717) is 21.8 Å². The van der Waals surface area contributed by atoms with Crippen molar-refractivity contribution in [2.45, 2.75) is 18.0 Å². The standard InChI is InChI=1S/C20H16ClN3O3S2/c21-17-4-2-1-3-15(17)13-24-18-6-5-16(11-19(18)28-20(24)25)29(26,27)23-12-14-7-9-22-10-8-14/h1-11,23H,12-13H2. The van der Waals surface area contributed by atoms with Gasteiger partial charge in [0.1, 0.15) is 0 Å². The quantitative estimate of drug-likeness (QED) is 0.491. The molecule has 0 fully saturated rings. The van der Waals surface area contributed by atoms with Gasteiger partial charge in [0.05, 0.1) is 21.7 Å². The van der Waals surface area contributed by atoms with Crippen LogP contribution in [0.5, 0.6) is 0 Å². The normalized spacial score (nSPS) is 11.8. The highest BCUT2D eigenvalue weighted by atomic mass is 35.5. The van der Waals surface area contributed by atoms with E-state index >= 15 is 0 Å². The van der Waals surface area contributed by atoms with E-state index < -0.39 is 10.0 Å². The van der Waals surface area contributed by atoms with Crippen LogP contribution in [0.2, 0.25) is 5.02 Å². The maximum Gasteiger partial charge on any atom is 0.308 e. The summed E-state index contributed by atoms with van der Waals surface area (Å²) < 4.78 is 30.1. The zero-order valence-electron chi connectivity index (χ0n) is 15.1. The van der Waals surface area contributed by atoms with Gasteiger partial charge in [0.2, 0.25) is 10.0 Å². The van der Waals surface area contributed by atoms with Gasteiger partial charge in [0.25, 0.3) is 0 Å². The molecule has 0 saturated carbocycles.